The molecular formula is C20H21NO3. The molecule has 0 unspecified atom stereocenters. The standard InChI is InChI=1S/C20H21NO3/c1-11(2)13-7-5-8-14(12(3)4)18(13)21-19(23)15-9-6-10-16(22)17(15)20(21)24/h5-12,22H,1-4H3. The van der Waals surface area contributed by atoms with Gasteiger partial charge in [0.15, 0.2) is 0 Å². The minimum absolute atomic E-state index is 0.0933. The van der Waals surface area contributed by atoms with Crippen LogP contribution in [0, 0.1) is 0 Å². The van der Waals surface area contributed by atoms with E-state index in [0.29, 0.717) is 5.69 Å². The molecule has 0 saturated carbocycles. The van der Waals surface area contributed by atoms with E-state index in [1.165, 1.54) is 11.0 Å². The Morgan fingerprint density at radius 3 is 1.88 bits per heavy atom. The molecule has 3 rings (SSSR count). The van der Waals surface area contributed by atoms with Crippen molar-refractivity contribution in [2.75, 3.05) is 4.90 Å². The first-order valence-electron chi connectivity index (χ1n) is 8.18. The van der Waals surface area contributed by atoms with Gasteiger partial charge in [0, 0.05) is 0 Å². The van der Waals surface area contributed by atoms with Gasteiger partial charge in [-0.25, -0.2) is 4.90 Å². The number of anilines is 1. The van der Waals surface area contributed by atoms with E-state index < -0.39 is 5.91 Å². The van der Waals surface area contributed by atoms with E-state index in [4.69, 9.17) is 0 Å². The number of para-hydroxylation sites is 1. The van der Waals surface area contributed by atoms with Gasteiger partial charge in [0.2, 0.25) is 0 Å². The number of carbonyl (C=O) groups is 2. The Labute approximate surface area is 141 Å². The van der Waals surface area contributed by atoms with Crippen LogP contribution < -0.4 is 4.90 Å². The zero-order valence-electron chi connectivity index (χ0n) is 14.3. The predicted octanol–water partition coefficient (Wildman–Crippen LogP) is 4.44. The van der Waals surface area contributed by atoms with Crippen LogP contribution in [0.2, 0.25) is 0 Å². The van der Waals surface area contributed by atoms with Crippen molar-refractivity contribution in [3.05, 3.63) is 58.7 Å². The molecule has 0 atom stereocenters. The molecule has 124 valence electrons. The number of rotatable bonds is 3. The van der Waals surface area contributed by atoms with E-state index in [9.17, 15) is 14.7 Å². The van der Waals surface area contributed by atoms with Crippen molar-refractivity contribution in [3.8, 4) is 5.75 Å². The average Bonchev–Trinajstić information content (AvgIpc) is 2.78. The number of benzene rings is 2. The van der Waals surface area contributed by atoms with Gasteiger partial charge in [-0.2, -0.15) is 0 Å². The fourth-order valence-corrected chi connectivity index (χ4v) is 3.24. The summed E-state index contributed by atoms with van der Waals surface area (Å²) in [6, 6.07) is 10.5. The summed E-state index contributed by atoms with van der Waals surface area (Å²) >= 11 is 0. The Morgan fingerprint density at radius 2 is 1.38 bits per heavy atom. The molecule has 2 aromatic carbocycles. The molecule has 0 aliphatic carbocycles. The van der Waals surface area contributed by atoms with Crippen molar-refractivity contribution in [1.29, 1.82) is 0 Å². The van der Waals surface area contributed by atoms with Crippen molar-refractivity contribution in [2.24, 2.45) is 0 Å². The van der Waals surface area contributed by atoms with Crippen LogP contribution in [0.3, 0.4) is 0 Å². The Bertz CT molecular complexity index is 811. The highest BCUT2D eigenvalue weighted by Crippen LogP contribution is 2.40. The molecule has 0 bridgehead atoms. The Kier molecular flexibility index (Phi) is 3.91. The number of imide groups is 1. The number of carbonyl (C=O) groups excluding carboxylic acids is 2. The van der Waals surface area contributed by atoms with Gasteiger partial charge in [-0.05, 0) is 35.1 Å². The summed E-state index contributed by atoms with van der Waals surface area (Å²) in [6.45, 7) is 8.16. The molecule has 0 saturated heterocycles. The largest absolute Gasteiger partial charge is 0.507 e. The van der Waals surface area contributed by atoms with E-state index in [1.807, 2.05) is 45.9 Å². The second kappa shape index (κ2) is 5.78. The first-order chi connectivity index (χ1) is 11.3. The lowest BCUT2D eigenvalue weighted by Crippen LogP contribution is -2.31. The third-order valence-electron chi connectivity index (χ3n) is 4.46. The van der Waals surface area contributed by atoms with Gasteiger partial charge >= 0.3 is 0 Å². The van der Waals surface area contributed by atoms with Crippen LogP contribution in [-0.2, 0) is 0 Å². The fraction of sp³-hybridized carbons (Fsp3) is 0.300. The zero-order valence-corrected chi connectivity index (χ0v) is 14.3. The van der Waals surface area contributed by atoms with Crippen LogP contribution in [0.25, 0.3) is 0 Å². The normalized spacial score (nSPS) is 14.0. The number of hydrogen-bond acceptors (Lipinski definition) is 3. The lowest BCUT2D eigenvalue weighted by Gasteiger charge is -2.25. The number of aromatic hydroxyl groups is 1. The van der Waals surface area contributed by atoms with Gasteiger partial charge in [-0.1, -0.05) is 52.0 Å². The summed E-state index contributed by atoms with van der Waals surface area (Å²) < 4.78 is 0. The van der Waals surface area contributed by atoms with Gasteiger partial charge in [-0.3, -0.25) is 9.59 Å². The van der Waals surface area contributed by atoms with Gasteiger partial charge in [0.05, 0.1) is 16.8 Å². The third-order valence-corrected chi connectivity index (χ3v) is 4.46. The third kappa shape index (κ3) is 2.30. The number of phenolic OH excluding ortho intramolecular Hbond substituents is 1. The average molecular weight is 323 g/mol. The number of phenols is 1. The van der Waals surface area contributed by atoms with Crippen LogP contribution in [0.15, 0.2) is 36.4 Å². The van der Waals surface area contributed by atoms with Crippen molar-refractivity contribution in [2.45, 2.75) is 39.5 Å². The maximum atomic E-state index is 12.9. The quantitative estimate of drug-likeness (QED) is 0.850. The lowest BCUT2D eigenvalue weighted by molar-refractivity contribution is 0.0925. The van der Waals surface area contributed by atoms with Gasteiger partial charge in [0.1, 0.15) is 5.75 Å². The van der Waals surface area contributed by atoms with Crippen LogP contribution in [-0.4, -0.2) is 16.9 Å². The highest BCUT2D eigenvalue weighted by molar-refractivity contribution is 6.35. The Hall–Kier alpha value is -2.62. The summed E-state index contributed by atoms with van der Waals surface area (Å²) in [7, 11) is 0. The smallest absolute Gasteiger partial charge is 0.269 e. The summed E-state index contributed by atoms with van der Waals surface area (Å²) in [5, 5.41) is 10.0. The number of amides is 2. The first-order valence-corrected chi connectivity index (χ1v) is 8.18. The minimum atomic E-state index is -0.455. The monoisotopic (exact) mass is 323 g/mol. The minimum Gasteiger partial charge on any atom is -0.507 e. The Morgan fingerprint density at radius 1 is 0.833 bits per heavy atom. The van der Waals surface area contributed by atoms with Crippen molar-refractivity contribution >= 4 is 17.5 Å². The van der Waals surface area contributed by atoms with E-state index in [2.05, 4.69) is 0 Å². The van der Waals surface area contributed by atoms with Crippen LogP contribution in [0.5, 0.6) is 5.75 Å². The van der Waals surface area contributed by atoms with E-state index in [0.717, 1.165) is 11.1 Å². The van der Waals surface area contributed by atoms with Crippen molar-refractivity contribution in [1.82, 2.24) is 0 Å². The van der Waals surface area contributed by atoms with E-state index >= 15 is 0 Å². The molecule has 2 aromatic rings. The number of fused-ring (bicyclic) bond motifs is 1. The topological polar surface area (TPSA) is 57.6 Å². The summed E-state index contributed by atoms with van der Waals surface area (Å²) in [4.78, 5) is 27.1. The van der Waals surface area contributed by atoms with Crippen LogP contribution in [0.1, 0.15) is 71.4 Å². The van der Waals surface area contributed by atoms with Crippen LogP contribution >= 0.6 is 0 Å². The lowest BCUT2D eigenvalue weighted by atomic mass is 9.92. The molecule has 1 aliphatic rings. The molecule has 1 heterocycles. The van der Waals surface area contributed by atoms with Crippen molar-refractivity contribution < 1.29 is 14.7 Å². The maximum absolute atomic E-state index is 12.9. The Balaban J connectivity index is 2.26. The fourth-order valence-electron chi connectivity index (χ4n) is 3.24. The summed E-state index contributed by atoms with van der Waals surface area (Å²) in [6.07, 6.45) is 0. The van der Waals surface area contributed by atoms with E-state index in [-0.39, 0.29) is 34.6 Å². The SMILES string of the molecule is CC(C)c1cccc(C(C)C)c1N1C(=O)c2cccc(O)c2C1=O. The molecule has 0 radical (unpaired) electrons. The summed E-state index contributed by atoms with van der Waals surface area (Å²) in [5.74, 6) is -0.654. The van der Waals surface area contributed by atoms with E-state index in [1.54, 1.807) is 12.1 Å². The summed E-state index contributed by atoms with van der Waals surface area (Å²) in [5.41, 5.74) is 2.92. The molecule has 0 aromatic heterocycles. The molecule has 4 nitrogen and oxygen atoms in total. The number of nitrogens with zero attached hydrogens (tertiary/aromatic N) is 1. The molecule has 4 heteroatoms. The van der Waals surface area contributed by atoms with Gasteiger partial charge in [-0.15, -0.1) is 0 Å². The molecule has 24 heavy (non-hydrogen) atoms. The van der Waals surface area contributed by atoms with Gasteiger partial charge in [0.25, 0.3) is 11.8 Å². The molecule has 0 fully saturated rings. The second-order valence-electron chi connectivity index (χ2n) is 6.74. The molecule has 1 N–H and O–H groups in total. The van der Waals surface area contributed by atoms with Gasteiger partial charge < -0.3 is 5.11 Å². The highest BCUT2D eigenvalue weighted by Gasteiger charge is 2.40. The highest BCUT2D eigenvalue weighted by atomic mass is 16.3. The molecule has 0 spiro atoms. The first kappa shape index (κ1) is 16.2. The number of hydrogen-bond donors (Lipinski definition) is 1. The molecular weight excluding hydrogens is 302 g/mol. The molecule has 2 amide bonds. The second-order valence-corrected chi connectivity index (χ2v) is 6.74. The molecule has 1 aliphatic heterocycles. The zero-order chi connectivity index (χ0) is 17.6. The van der Waals surface area contributed by atoms with Crippen LogP contribution in [0.4, 0.5) is 5.69 Å². The van der Waals surface area contributed by atoms with Crippen molar-refractivity contribution in [3.63, 3.8) is 0 Å². The predicted molar refractivity (Wildman–Crippen MR) is 93.9 cm³/mol. The maximum Gasteiger partial charge on any atom is 0.269 e.